The molecule has 18 heavy (non-hydrogen) atoms. The van der Waals surface area contributed by atoms with Crippen molar-refractivity contribution < 1.29 is 4.84 Å². The first-order chi connectivity index (χ1) is 8.48. The van der Waals surface area contributed by atoms with Crippen molar-refractivity contribution in [3.63, 3.8) is 0 Å². The van der Waals surface area contributed by atoms with Gasteiger partial charge in [0.25, 0.3) is 0 Å². The van der Waals surface area contributed by atoms with E-state index < -0.39 is 0 Å². The van der Waals surface area contributed by atoms with Gasteiger partial charge in [-0.2, -0.15) is 0 Å². The first-order valence-electron chi connectivity index (χ1n) is 5.72. The van der Waals surface area contributed by atoms with Gasteiger partial charge in [0.2, 0.25) is 0 Å². The monoisotopic (exact) mass is 246 g/mol. The molecule has 1 aromatic rings. The van der Waals surface area contributed by atoms with Gasteiger partial charge in [-0.05, 0) is 17.4 Å². The predicted molar refractivity (Wildman–Crippen MR) is 72.9 cm³/mol. The standard InChI is InChI=1S/C13H18N4O/c1-13(2,3)9-12(16-18-4)10-7-5-6-8-11(10)15-17-14/h5-8H,9H2,1-4H3/b16-12-. The first kappa shape index (κ1) is 14.1. The molecule has 0 fully saturated rings. The van der Waals surface area contributed by atoms with Crippen molar-refractivity contribution in [2.75, 3.05) is 7.11 Å². The summed E-state index contributed by atoms with van der Waals surface area (Å²) in [6, 6.07) is 7.37. The number of azide groups is 1. The highest BCUT2D eigenvalue weighted by Crippen LogP contribution is 2.27. The lowest BCUT2D eigenvalue weighted by Gasteiger charge is -2.19. The van der Waals surface area contributed by atoms with Crippen LogP contribution in [0.25, 0.3) is 10.4 Å². The van der Waals surface area contributed by atoms with Gasteiger partial charge < -0.3 is 4.84 Å². The smallest absolute Gasteiger partial charge is 0.106 e. The fourth-order valence-corrected chi connectivity index (χ4v) is 1.64. The van der Waals surface area contributed by atoms with Crippen molar-refractivity contribution in [1.29, 1.82) is 0 Å². The number of hydrogen-bond donors (Lipinski definition) is 0. The molecule has 1 aromatic carbocycles. The van der Waals surface area contributed by atoms with E-state index in [9.17, 15) is 0 Å². The fraction of sp³-hybridized carbons (Fsp3) is 0.462. The van der Waals surface area contributed by atoms with Crippen LogP contribution in [0.5, 0.6) is 0 Å². The quantitative estimate of drug-likeness (QED) is 0.255. The third kappa shape index (κ3) is 4.11. The highest BCUT2D eigenvalue weighted by Gasteiger charge is 2.18. The molecule has 5 nitrogen and oxygen atoms in total. The SMILES string of the molecule is CO/N=C(/CC(C)(C)C)c1ccccc1N=[N+]=[N-]. The molecule has 0 radical (unpaired) electrons. The van der Waals surface area contributed by atoms with Crippen LogP contribution < -0.4 is 0 Å². The van der Waals surface area contributed by atoms with E-state index >= 15 is 0 Å². The molecule has 0 saturated heterocycles. The maximum absolute atomic E-state index is 8.58. The van der Waals surface area contributed by atoms with Crippen molar-refractivity contribution in [3.8, 4) is 0 Å². The molecule has 5 heteroatoms. The summed E-state index contributed by atoms with van der Waals surface area (Å²) in [5, 5.41) is 7.74. The number of benzene rings is 1. The van der Waals surface area contributed by atoms with Crippen LogP contribution in [-0.2, 0) is 4.84 Å². The van der Waals surface area contributed by atoms with Crippen molar-refractivity contribution in [1.82, 2.24) is 0 Å². The second-order valence-electron chi connectivity index (χ2n) is 5.16. The Bertz CT molecular complexity index is 482. The molecular formula is C13H18N4O. The van der Waals surface area contributed by atoms with Crippen LogP contribution in [-0.4, -0.2) is 12.8 Å². The predicted octanol–water partition coefficient (Wildman–Crippen LogP) is 4.42. The topological polar surface area (TPSA) is 70.4 Å². The molecule has 0 N–H and O–H groups in total. The van der Waals surface area contributed by atoms with Gasteiger partial charge in [0.15, 0.2) is 0 Å². The van der Waals surface area contributed by atoms with E-state index in [1.807, 2.05) is 18.2 Å². The Morgan fingerprint density at radius 1 is 1.33 bits per heavy atom. The van der Waals surface area contributed by atoms with E-state index in [1.165, 1.54) is 7.11 Å². The molecule has 0 unspecified atom stereocenters. The molecule has 0 atom stereocenters. The Kier molecular flexibility index (Phi) is 4.75. The van der Waals surface area contributed by atoms with Crippen LogP contribution in [0.4, 0.5) is 5.69 Å². The van der Waals surface area contributed by atoms with Gasteiger partial charge in [-0.3, -0.25) is 0 Å². The molecule has 1 rings (SSSR count). The Hall–Kier alpha value is -2.00. The summed E-state index contributed by atoms with van der Waals surface area (Å²) in [5.41, 5.74) is 10.8. The number of nitrogens with zero attached hydrogens (tertiary/aromatic N) is 4. The second-order valence-corrected chi connectivity index (χ2v) is 5.16. The van der Waals surface area contributed by atoms with Crippen molar-refractivity contribution in [3.05, 3.63) is 40.3 Å². The zero-order valence-electron chi connectivity index (χ0n) is 11.2. The maximum atomic E-state index is 8.58. The van der Waals surface area contributed by atoms with E-state index in [-0.39, 0.29) is 5.41 Å². The first-order valence-corrected chi connectivity index (χ1v) is 5.72. The molecule has 0 aliphatic carbocycles. The fourth-order valence-electron chi connectivity index (χ4n) is 1.64. The minimum atomic E-state index is 0.0703. The maximum Gasteiger partial charge on any atom is 0.106 e. The Labute approximate surface area is 107 Å². The van der Waals surface area contributed by atoms with Gasteiger partial charge in [-0.1, -0.05) is 55.3 Å². The third-order valence-corrected chi connectivity index (χ3v) is 2.27. The minimum Gasteiger partial charge on any atom is -0.399 e. The lowest BCUT2D eigenvalue weighted by molar-refractivity contribution is 0.211. The van der Waals surface area contributed by atoms with Crippen molar-refractivity contribution in [2.24, 2.45) is 15.7 Å². The summed E-state index contributed by atoms with van der Waals surface area (Å²) in [6.07, 6.45) is 0.735. The molecule has 0 saturated carbocycles. The molecule has 0 bridgehead atoms. The lowest BCUT2D eigenvalue weighted by Crippen LogP contribution is -2.14. The van der Waals surface area contributed by atoms with Gasteiger partial charge >= 0.3 is 0 Å². The normalized spacial score (nSPS) is 11.9. The highest BCUT2D eigenvalue weighted by atomic mass is 16.6. The van der Waals surface area contributed by atoms with Crippen LogP contribution in [0, 0.1) is 5.41 Å². The van der Waals surface area contributed by atoms with Gasteiger partial charge in [0.05, 0.1) is 5.71 Å². The van der Waals surface area contributed by atoms with Crippen LogP contribution in [0.3, 0.4) is 0 Å². The zero-order valence-corrected chi connectivity index (χ0v) is 11.2. The Morgan fingerprint density at radius 3 is 2.56 bits per heavy atom. The van der Waals surface area contributed by atoms with Crippen LogP contribution in [0.1, 0.15) is 32.8 Å². The van der Waals surface area contributed by atoms with Gasteiger partial charge in [-0.15, -0.1) is 0 Å². The summed E-state index contributed by atoms with van der Waals surface area (Å²) in [6.45, 7) is 6.36. The third-order valence-electron chi connectivity index (χ3n) is 2.27. The highest BCUT2D eigenvalue weighted by molar-refractivity contribution is 6.04. The Balaban J connectivity index is 3.22. The van der Waals surface area contributed by atoms with Crippen LogP contribution >= 0.6 is 0 Å². The van der Waals surface area contributed by atoms with Gasteiger partial charge in [0, 0.05) is 16.2 Å². The number of oxime groups is 1. The average Bonchev–Trinajstić information content (AvgIpc) is 2.28. The molecular weight excluding hydrogens is 228 g/mol. The van der Waals surface area contributed by atoms with Crippen molar-refractivity contribution in [2.45, 2.75) is 27.2 Å². The molecule has 0 amide bonds. The molecule has 0 aliphatic rings. The molecule has 0 aliphatic heterocycles. The van der Waals surface area contributed by atoms with Gasteiger partial charge in [-0.25, -0.2) is 0 Å². The summed E-state index contributed by atoms with van der Waals surface area (Å²) in [7, 11) is 1.51. The van der Waals surface area contributed by atoms with E-state index in [0.717, 1.165) is 17.7 Å². The molecule has 96 valence electrons. The summed E-state index contributed by atoms with van der Waals surface area (Å²) in [5.74, 6) is 0. The zero-order chi connectivity index (χ0) is 13.6. The molecule has 0 aromatic heterocycles. The summed E-state index contributed by atoms with van der Waals surface area (Å²) >= 11 is 0. The number of hydrogen-bond acceptors (Lipinski definition) is 3. The summed E-state index contributed by atoms with van der Waals surface area (Å²) < 4.78 is 0. The van der Waals surface area contributed by atoms with Crippen LogP contribution in [0.2, 0.25) is 0 Å². The van der Waals surface area contributed by atoms with Gasteiger partial charge in [0.1, 0.15) is 7.11 Å². The Morgan fingerprint density at radius 2 is 2.00 bits per heavy atom. The summed E-state index contributed by atoms with van der Waals surface area (Å²) in [4.78, 5) is 7.73. The minimum absolute atomic E-state index is 0.0703. The van der Waals surface area contributed by atoms with E-state index in [4.69, 9.17) is 10.4 Å². The molecule has 0 heterocycles. The van der Waals surface area contributed by atoms with Crippen LogP contribution in [0.15, 0.2) is 34.5 Å². The van der Waals surface area contributed by atoms with E-state index in [2.05, 4.69) is 36.0 Å². The van der Waals surface area contributed by atoms with E-state index in [1.54, 1.807) is 6.07 Å². The molecule has 0 spiro atoms. The van der Waals surface area contributed by atoms with E-state index in [0.29, 0.717) is 5.69 Å². The number of rotatable bonds is 4. The largest absolute Gasteiger partial charge is 0.399 e. The second kappa shape index (κ2) is 6.07. The average molecular weight is 246 g/mol. The lowest BCUT2D eigenvalue weighted by atomic mass is 9.87. The van der Waals surface area contributed by atoms with Crippen molar-refractivity contribution >= 4 is 11.4 Å².